The van der Waals surface area contributed by atoms with Crippen LogP contribution in [0.3, 0.4) is 0 Å². The summed E-state index contributed by atoms with van der Waals surface area (Å²) >= 11 is 0. The van der Waals surface area contributed by atoms with Crippen molar-refractivity contribution in [2.24, 2.45) is 5.92 Å². The van der Waals surface area contributed by atoms with Crippen LogP contribution in [0.2, 0.25) is 0 Å². The van der Waals surface area contributed by atoms with E-state index in [-0.39, 0.29) is 17.1 Å². The maximum absolute atomic E-state index is 12.5. The van der Waals surface area contributed by atoms with E-state index in [2.05, 4.69) is 16.5 Å². The number of hydrogen-bond acceptors (Lipinski definition) is 5. The molecule has 3 rings (SSSR count). The molecular formula is C20H25N3O4S. The minimum atomic E-state index is -3.83. The predicted octanol–water partition coefficient (Wildman–Crippen LogP) is 3.62. The van der Waals surface area contributed by atoms with Crippen molar-refractivity contribution >= 4 is 21.4 Å². The van der Waals surface area contributed by atoms with Gasteiger partial charge >= 0.3 is 0 Å². The van der Waals surface area contributed by atoms with Gasteiger partial charge < -0.3 is 4.90 Å². The second kappa shape index (κ2) is 8.28. The minimum Gasteiger partial charge on any atom is -0.371 e. The Morgan fingerprint density at radius 3 is 2.57 bits per heavy atom. The van der Waals surface area contributed by atoms with Crippen LogP contribution in [0.15, 0.2) is 47.4 Å². The van der Waals surface area contributed by atoms with Crippen LogP contribution >= 0.6 is 0 Å². The lowest BCUT2D eigenvalue weighted by Crippen LogP contribution is -2.34. The van der Waals surface area contributed by atoms with Crippen LogP contribution < -0.4 is 9.62 Å². The maximum atomic E-state index is 12.5. The van der Waals surface area contributed by atoms with E-state index in [4.69, 9.17) is 0 Å². The van der Waals surface area contributed by atoms with Gasteiger partial charge in [-0.3, -0.25) is 10.1 Å². The van der Waals surface area contributed by atoms with Crippen molar-refractivity contribution in [1.82, 2.24) is 4.72 Å². The van der Waals surface area contributed by atoms with Crippen LogP contribution in [0.25, 0.3) is 0 Å². The highest BCUT2D eigenvalue weighted by molar-refractivity contribution is 7.89. The van der Waals surface area contributed by atoms with Crippen LogP contribution in [-0.4, -0.2) is 26.4 Å². The van der Waals surface area contributed by atoms with Crippen LogP contribution in [0.5, 0.6) is 0 Å². The molecule has 1 heterocycles. The van der Waals surface area contributed by atoms with Gasteiger partial charge in [-0.15, -0.1) is 0 Å². The highest BCUT2D eigenvalue weighted by Gasteiger charge is 2.20. The second-order valence-corrected chi connectivity index (χ2v) is 9.16. The number of nitro groups is 1. The van der Waals surface area contributed by atoms with Gasteiger partial charge in [0.25, 0.3) is 5.69 Å². The average molecular weight is 404 g/mol. The molecule has 0 aliphatic carbocycles. The summed E-state index contributed by atoms with van der Waals surface area (Å²) in [4.78, 5) is 12.7. The summed E-state index contributed by atoms with van der Waals surface area (Å²) in [5, 5.41) is 11.0. The zero-order valence-corrected chi connectivity index (χ0v) is 16.9. The van der Waals surface area contributed by atoms with Gasteiger partial charge in [-0.05, 0) is 49.4 Å². The van der Waals surface area contributed by atoms with Gasteiger partial charge in [0.05, 0.1) is 9.82 Å². The summed E-state index contributed by atoms with van der Waals surface area (Å²) in [6.45, 7) is 6.04. The van der Waals surface area contributed by atoms with Gasteiger partial charge in [0.1, 0.15) is 0 Å². The summed E-state index contributed by atoms with van der Waals surface area (Å²) in [6.07, 6.45) is 2.44. The zero-order chi connectivity index (χ0) is 20.3. The molecule has 7 nitrogen and oxygen atoms in total. The van der Waals surface area contributed by atoms with Crippen molar-refractivity contribution in [3.63, 3.8) is 0 Å². The van der Waals surface area contributed by atoms with Crippen LogP contribution in [-0.2, 0) is 16.6 Å². The molecule has 1 N–H and O–H groups in total. The quantitative estimate of drug-likeness (QED) is 0.587. The van der Waals surface area contributed by atoms with Gasteiger partial charge in [0.2, 0.25) is 10.0 Å². The van der Waals surface area contributed by atoms with Crippen molar-refractivity contribution in [3.8, 4) is 0 Å². The number of sulfonamides is 1. The molecule has 0 unspecified atom stereocenters. The molecular weight excluding hydrogens is 378 g/mol. The lowest BCUT2D eigenvalue weighted by atomic mass is 9.99. The van der Waals surface area contributed by atoms with Gasteiger partial charge in [-0.25, -0.2) is 13.1 Å². The molecule has 1 aliphatic heterocycles. The molecule has 0 bridgehead atoms. The number of aryl methyl sites for hydroxylation is 1. The fourth-order valence-corrected chi connectivity index (χ4v) is 4.50. The number of hydrogen-bond donors (Lipinski definition) is 1. The summed E-state index contributed by atoms with van der Waals surface area (Å²) < 4.78 is 27.5. The number of nitrogens with one attached hydrogen (secondary N) is 1. The van der Waals surface area contributed by atoms with E-state index < -0.39 is 14.9 Å². The minimum absolute atomic E-state index is 0.108. The molecule has 0 spiro atoms. The van der Waals surface area contributed by atoms with Crippen molar-refractivity contribution in [1.29, 1.82) is 0 Å². The molecule has 1 atom stereocenters. The Balaban J connectivity index is 1.68. The van der Waals surface area contributed by atoms with Crippen LogP contribution in [0.4, 0.5) is 11.4 Å². The Kier molecular flexibility index (Phi) is 6.00. The normalized spacial score (nSPS) is 17.5. The Hall–Kier alpha value is -2.45. The topological polar surface area (TPSA) is 92.6 Å². The first-order valence-electron chi connectivity index (χ1n) is 9.35. The van der Waals surface area contributed by atoms with Crippen molar-refractivity contribution in [3.05, 3.63) is 63.7 Å². The monoisotopic (exact) mass is 403 g/mol. The number of anilines is 1. The molecule has 150 valence electrons. The largest absolute Gasteiger partial charge is 0.371 e. The zero-order valence-electron chi connectivity index (χ0n) is 16.1. The molecule has 1 fully saturated rings. The first-order valence-corrected chi connectivity index (χ1v) is 10.8. The number of piperidine rings is 1. The highest BCUT2D eigenvalue weighted by Crippen LogP contribution is 2.24. The van der Waals surface area contributed by atoms with Gasteiger partial charge in [-0.2, -0.15) is 0 Å². The second-order valence-electron chi connectivity index (χ2n) is 7.39. The lowest BCUT2D eigenvalue weighted by Gasteiger charge is -2.32. The summed E-state index contributed by atoms with van der Waals surface area (Å²) in [7, 11) is -3.83. The molecule has 2 aromatic rings. The fraction of sp³-hybridized carbons (Fsp3) is 0.400. The van der Waals surface area contributed by atoms with E-state index in [1.165, 1.54) is 25.0 Å². The van der Waals surface area contributed by atoms with E-state index in [0.717, 1.165) is 30.4 Å². The van der Waals surface area contributed by atoms with Crippen LogP contribution in [0, 0.1) is 23.0 Å². The Bertz CT molecular complexity index is 958. The number of nitrogens with zero attached hydrogens (tertiary/aromatic N) is 2. The molecule has 1 aliphatic rings. The first-order chi connectivity index (χ1) is 13.3. The third-order valence-corrected chi connectivity index (χ3v) is 6.51. The molecule has 28 heavy (non-hydrogen) atoms. The third-order valence-electron chi connectivity index (χ3n) is 5.11. The molecule has 8 heteroatoms. The maximum Gasteiger partial charge on any atom is 0.273 e. The molecule has 0 aromatic heterocycles. The third kappa shape index (κ3) is 4.69. The van der Waals surface area contributed by atoms with Crippen molar-refractivity contribution < 1.29 is 13.3 Å². The van der Waals surface area contributed by atoms with Crippen molar-refractivity contribution in [2.45, 2.75) is 38.1 Å². The molecule has 1 saturated heterocycles. The molecule has 0 amide bonds. The van der Waals surface area contributed by atoms with Crippen LogP contribution in [0.1, 0.15) is 30.9 Å². The van der Waals surface area contributed by atoms with E-state index in [0.29, 0.717) is 11.5 Å². The average Bonchev–Trinajstić information content (AvgIpc) is 2.67. The number of rotatable bonds is 6. The first kappa shape index (κ1) is 20.3. The standard InChI is InChI=1S/C20H25N3O4S/c1-15-4-3-11-22(14-15)18-8-6-17(7-9-18)13-21-28(26,27)19-10-5-16(2)20(12-19)23(24)25/h5-10,12,15,21H,3-4,11,13-14H2,1-2H3/t15-/m0/s1. The summed E-state index contributed by atoms with van der Waals surface area (Å²) in [5.74, 6) is 0.679. The van der Waals surface area contributed by atoms with E-state index in [9.17, 15) is 18.5 Å². The molecule has 0 radical (unpaired) electrons. The summed E-state index contributed by atoms with van der Waals surface area (Å²) in [6, 6.07) is 11.8. The van der Waals surface area contributed by atoms with Crippen molar-refractivity contribution in [2.75, 3.05) is 18.0 Å². The summed E-state index contributed by atoms with van der Waals surface area (Å²) in [5.41, 5.74) is 2.20. The van der Waals surface area contributed by atoms with E-state index >= 15 is 0 Å². The molecule has 2 aromatic carbocycles. The van der Waals surface area contributed by atoms with E-state index in [1.54, 1.807) is 6.92 Å². The lowest BCUT2D eigenvalue weighted by molar-refractivity contribution is -0.385. The predicted molar refractivity (Wildman–Crippen MR) is 109 cm³/mol. The highest BCUT2D eigenvalue weighted by atomic mass is 32.2. The number of nitro benzene ring substituents is 1. The van der Waals surface area contributed by atoms with Gasteiger partial charge in [0.15, 0.2) is 0 Å². The van der Waals surface area contributed by atoms with Gasteiger partial charge in [-0.1, -0.05) is 25.1 Å². The number of benzene rings is 2. The van der Waals surface area contributed by atoms with E-state index in [1.807, 2.05) is 24.3 Å². The SMILES string of the molecule is Cc1ccc(S(=O)(=O)NCc2ccc(N3CCC[C@H](C)C3)cc2)cc1[N+](=O)[O-]. The Morgan fingerprint density at radius 1 is 1.21 bits per heavy atom. The Labute approximate surface area is 165 Å². The van der Waals surface area contributed by atoms with Gasteiger partial charge in [0, 0.05) is 37.0 Å². The smallest absolute Gasteiger partial charge is 0.273 e. The Morgan fingerprint density at radius 2 is 1.93 bits per heavy atom. The fourth-order valence-electron chi connectivity index (χ4n) is 3.46. The molecule has 0 saturated carbocycles.